The van der Waals surface area contributed by atoms with E-state index < -0.39 is 27.7 Å². The second kappa shape index (κ2) is 9.87. The predicted molar refractivity (Wildman–Crippen MR) is 129 cm³/mol. The van der Waals surface area contributed by atoms with Crippen LogP contribution in [0.3, 0.4) is 0 Å². The molecular formula is C26H24FNO6S. The lowest BCUT2D eigenvalue weighted by molar-refractivity contribution is -0.127. The molecule has 0 bridgehead atoms. The summed E-state index contributed by atoms with van der Waals surface area (Å²) in [6.07, 6.45) is 1.82. The summed E-state index contributed by atoms with van der Waals surface area (Å²) >= 11 is 0. The first kappa shape index (κ1) is 24.4. The van der Waals surface area contributed by atoms with Gasteiger partial charge in [0.05, 0.1) is 23.3 Å². The van der Waals surface area contributed by atoms with Crippen LogP contribution in [0.4, 0.5) is 10.1 Å². The molecule has 0 aromatic heterocycles. The van der Waals surface area contributed by atoms with E-state index in [0.29, 0.717) is 42.5 Å². The zero-order valence-corrected chi connectivity index (χ0v) is 20.0. The molecule has 1 unspecified atom stereocenters. The van der Waals surface area contributed by atoms with Crippen LogP contribution in [0.25, 0.3) is 11.1 Å². The molecule has 1 aliphatic heterocycles. The van der Waals surface area contributed by atoms with Gasteiger partial charge in [0.1, 0.15) is 17.3 Å². The molecular weight excluding hydrogens is 473 g/mol. The zero-order chi connectivity index (χ0) is 25.2. The number of hydrogen-bond acceptors (Lipinski definition) is 6. The maximum atomic E-state index is 15.2. The maximum Gasteiger partial charge on any atom is 0.268 e. The minimum Gasteiger partial charge on any atom is -0.497 e. The highest BCUT2D eigenvalue weighted by molar-refractivity contribution is 7.90. The number of rotatable bonds is 7. The van der Waals surface area contributed by atoms with E-state index in [2.05, 4.69) is 0 Å². The van der Waals surface area contributed by atoms with Gasteiger partial charge in [-0.2, -0.15) is 0 Å². The van der Waals surface area contributed by atoms with Crippen LogP contribution in [0.2, 0.25) is 0 Å². The monoisotopic (exact) mass is 497 g/mol. The third-order valence-electron chi connectivity index (χ3n) is 5.84. The molecule has 0 saturated carbocycles. The third kappa shape index (κ3) is 5.05. The molecule has 0 radical (unpaired) electrons. The Labute approximate surface area is 203 Å². The highest BCUT2D eigenvalue weighted by atomic mass is 32.2. The van der Waals surface area contributed by atoms with Gasteiger partial charge >= 0.3 is 0 Å². The molecule has 182 valence electrons. The number of anilines is 1. The fraction of sp³-hybridized carbons (Fsp3) is 0.231. The number of ether oxygens (including phenoxy) is 2. The number of piperidine rings is 1. The average molecular weight is 498 g/mol. The van der Waals surface area contributed by atoms with Gasteiger partial charge in [-0.15, -0.1) is 0 Å². The molecule has 0 spiro atoms. The minimum absolute atomic E-state index is 0.0780. The molecule has 1 amide bonds. The van der Waals surface area contributed by atoms with Crippen molar-refractivity contribution in [1.82, 2.24) is 0 Å². The number of amides is 1. The number of benzene rings is 3. The fourth-order valence-corrected chi connectivity index (χ4v) is 5.03. The Morgan fingerprint density at radius 3 is 2.54 bits per heavy atom. The second-order valence-electron chi connectivity index (χ2n) is 8.19. The first-order valence-corrected chi connectivity index (χ1v) is 12.8. The summed E-state index contributed by atoms with van der Waals surface area (Å²) in [7, 11) is -2.04. The average Bonchev–Trinajstić information content (AvgIpc) is 2.85. The predicted octanol–water partition coefficient (Wildman–Crippen LogP) is 4.29. The van der Waals surface area contributed by atoms with Crippen LogP contribution in [-0.2, 0) is 14.6 Å². The van der Waals surface area contributed by atoms with Crippen molar-refractivity contribution in [2.24, 2.45) is 0 Å². The van der Waals surface area contributed by atoms with E-state index in [-0.39, 0.29) is 21.9 Å². The first-order chi connectivity index (χ1) is 16.7. The summed E-state index contributed by atoms with van der Waals surface area (Å²) in [5, 5.41) is 0. The van der Waals surface area contributed by atoms with Crippen LogP contribution in [0, 0.1) is 5.82 Å². The highest BCUT2D eigenvalue weighted by Gasteiger charge is 2.33. The maximum absolute atomic E-state index is 15.2. The number of nitrogens with zero attached hydrogens (tertiary/aromatic N) is 1. The van der Waals surface area contributed by atoms with Crippen molar-refractivity contribution in [2.45, 2.75) is 23.8 Å². The van der Waals surface area contributed by atoms with Gasteiger partial charge in [0.15, 0.2) is 22.2 Å². The fourth-order valence-electron chi connectivity index (χ4n) is 4.12. The summed E-state index contributed by atoms with van der Waals surface area (Å²) < 4.78 is 50.5. The topological polar surface area (TPSA) is 90.0 Å². The Balaban J connectivity index is 1.61. The Morgan fingerprint density at radius 2 is 1.86 bits per heavy atom. The first-order valence-electron chi connectivity index (χ1n) is 10.9. The molecule has 9 heteroatoms. The van der Waals surface area contributed by atoms with Gasteiger partial charge < -0.3 is 14.4 Å². The van der Waals surface area contributed by atoms with Crippen LogP contribution in [0.5, 0.6) is 11.5 Å². The number of carbonyl (C=O) groups is 2. The molecule has 1 saturated heterocycles. The molecule has 1 heterocycles. The number of methoxy groups -OCH3 is 1. The summed E-state index contributed by atoms with van der Waals surface area (Å²) in [4.78, 5) is 26.1. The van der Waals surface area contributed by atoms with E-state index in [1.807, 2.05) is 0 Å². The standard InChI is InChI=1S/C26H24FNO6S/c1-33-19-10-12-23(18(14-19)16-29)34-24-7-5-13-28(26(24)30)22-11-9-17(15-21(22)27)20-6-3-4-8-25(20)35(2,31)32/h3-4,6,8-12,14-16,24H,5,7,13H2,1-2H3. The van der Waals surface area contributed by atoms with Crippen molar-refractivity contribution in [3.63, 3.8) is 0 Å². The van der Waals surface area contributed by atoms with Gasteiger partial charge in [0, 0.05) is 18.4 Å². The van der Waals surface area contributed by atoms with Crippen LogP contribution < -0.4 is 14.4 Å². The van der Waals surface area contributed by atoms with Crippen LogP contribution >= 0.6 is 0 Å². The van der Waals surface area contributed by atoms with Crippen molar-refractivity contribution in [3.05, 3.63) is 72.0 Å². The molecule has 0 N–H and O–H groups in total. The van der Waals surface area contributed by atoms with E-state index in [1.54, 1.807) is 36.4 Å². The van der Waals surface area contributed by atoms with Crippen molar-refractivity contribution in [2.75, 3.05) is 24.8 Å². The molecule has 0 aliphatic carbocycles. The molecule has 35 heavy (non-hydrogen) atoms. The smallest absolute Gasteiger partial charge is 0.268 e. The molecule has 1 fully saturated rings. The second-order valence-corrected chi connectivity index (χ2v) is 10.2. The summed E-state index contributed by atoms with van der Waals surface area (Å²) in [6.45, 7) is 0.304. The quantitative estimate of drug-likeness (QED) is 0.453. The van der Waals surface area contributed by atoms with E-state index in [4.69, 9.17) is 9.47 Å². The highest BCUT2D eigenvalue weighted by Crippen LogP contribution is 2.33. The number of halogens is 1. The normalized spacial score (nSPS) is 16.1. The van der Waals surface area contributed by atoms with Crippen molar-refractivity contribution in [3.8, 4) is 22.6 Å². The molecule has 1 aliphatic rings. The van der Waals surface area contributed by atoms with Gasteiger partial charge in [-0.25, -0.2) is 12.8 Å². The Kier molecular flexibility index (Phi) is 6.88. The Hall–Kier alpha value is -3.72. The van der Waals surface area contributed by atoms with Gasteiger partial charge in [0.25, 0.3) is 5.91 Å². The third-order valence-corrected chi connectivity index (χ3v) is 6.99. The summed E-state index contributed by atoms with van der Waals surface area (Å²) in [5.74, 6) is -0.352. The van der Waals surface area contributed by atoms with Crippen molar-refractivity contribution >= 4 is 27.7 Å². The lowest BCUT2D eigenvalue weighted by Crippen LogP contribution is -2.47. The summed E-state index contributed by atoms with van der Waals surface area (Å²) in [5.41, 5.74) is 1.09. The largest absolute Gasteiger partial charge is 0.497 e. The van der Waals surface area contributed by atoms with Crippen LogP contribution in [0.15, 0.2) is 65.6 Å². The van der Waals surface area contributed by atoms with Gasteiger partial charge in [-0.1, -0.05) is 24.3 Å². The lowest BCUT2D eigenvalue weighted by atomic mass is 10.0. The number of hydrogen-bond donors (Lipinski definition) is 0. The molecule has 1 atom stereocenters. The van der Waals surface area contributed by atoms with Crippen LogP contribution in [-0.4, -0.2) is 46.6 Å². The van der Waals surface area contributed by atoms with E-state index in [0.717, 1.165) is 6.26 Å². The van der Waals surface area contributed by atoms with Crippen molar-refractivity contribution < 1.29 is 31.9 Å². The van der Waals surface area contributed by atoms with E-state index in [9.17, 15) is 18.0 Å². The Morgan fingerprint density at radius 1 is 1.09 bits per heavy atom. The molecule has 4 rings (SSSR count). The lowest BCUT2D eigenvalue weighted by Gasteiger charge is -2.33. The zero-order valence-electron chi connectivity index (χ0n) is 19.2. The van der Waals surface area contributed by atoms with Gasteiger partial charge in [-0.05, 0) is 54.8 Å². The minimum atomic E-state index is -3.52. The van der Waals surface area contributed by atoms with Gasteiger partial charge in [0.2, 0.25) is 0 Å². The van der Waals surface area contributed by atoms with E-state index >= 15 is 4.39 Å². The number of carbonyl (C=O) groups excluding carboxylic acids is 2. The molecule has 3 aromatic rings. The molecule has 3 aromatic carbocycles. The van der Waals surface area contributed by atoms with Gasteiger partial charge in [-0.3, -0.25) is 9.59 Å². The number of sulfone groups is 1. The Bertz CT molecular complexity index is 1390. The summed E-state index contributed by atoms with van der Waals surface area (Å²) in [6, 6.07) is 15.4. The van der Waals surface area contributed by atoms with E-state index in [1.165, 1.54) is 36.3 Å². The SMILES string of the molecule is COc1ccc(OC2CCCN(c3ccc(-c4ccccc4S(C)(=O)=O)cc3F)C2=O)c(C=O)c1. The van der Waals surface area contributed by atoms with Crippen LogP contribution in [0.1, 0.15) is 23.2 Å². The molecule has 7 nitrogen and oxygen atoms in total. The number of aldehydes is 1. The van der Waals surface area contributed by atoms with Crippen molar-refractivity contribution in [1.29, 1.82) is 0 Å².